The maximum absolute atomic E-state index is 13.4. The van der Waals surface area contributed by atoms with Gasteiger partial charge in [-0.1, -0.05) is 5.92 Å². The third-order valence-corrected chi connectivity index (χ3v) is 2.52. The Bertz CT molecular complexity index is 743. The van der Waals surface area contributed by atoms with Gasteiger partial charge in [-0.25, -0.2) is 4.98 Å². The molecule has 0 N–H and O–H groups in total. The molecule has 0 radical (unpaired) electrons. The number of benzene rings is 1. The van der Waals surface area contributed by atoms with Gasteiger partial charge in [-0.05, 0) is 0 Å². The summed E-state index contributed by atoms with van der Waals surface area (Å²) in [4.78, 5) is 12.8. The fourth-order valence-electron chi connectivity index (χ4n) is 1.74. The Morgan fingerprint density at radius 2 is 2.10 bits per heavy atom. The van der Waals surface area contributed by atoms with E-state index < -0.39 is 35.0 Å². The van der Waals surface area contributed by atoms with Gasteiger partial charge in [0.2, 0.25) is 11.6 Å². The number of hydrogen-bond acceptors (Lipinski definition) is 3. The molecule has 0 aliphatic heterocycles. The SMILES string of the molecule is C#CCn1c(C(F)(F)F)nc2cc(F)c([N+](=O)[O-])cc21. The van der Waals surface area contributed by atoms with Gasteiger partial charge in [-0.3, -0.25) is 10.1 Å². The van der Waals surface area contributed by atoms with Crippen LogP contribution in [0.25, 0.3) is 11.0 Å². The molecule has 1 heterocycles. The van der Waals surface area contributed by atoms with Gasteiger partial charge >= 0.3 is 11.9 Å². The van der Waals surface area contributed by atoms with Gasteiger partial charge in [0, 0.05) is 12.1 Å². The molecule has 2 aromatic rings. The van der Waals surface area contributed by atoms with Crippen LogP contribution in [0.3, 0.4) is 0 Å². The monoisotopic (exact) mass is 287 g/mol. The lowest BCUT2D eigenvalue weighted by atomic mass is 10.2. The van der Waals surface area contributed by atoms with Crippen molar-refractivity contribution in [2.75, 3.05) is 0 Å². The minimum absolute atomic E-state index is 0.247. The summed E-state index contributed by atoms with van der Waals surface area (Å²) in [5, 5.41) is 10.6. The Balaban J connectivity index is 2.83. The predicted molar refractivity (Wildman–Crippen MR) is 60.2 cm³/mol. The topological polar surface area (TPSA) is 61.0 Å². The number of nitrogens with zero attached hydrogens (tertiary/aromatic N) is 3. The normalized spacial score (nSPS) is 11.6. The number of terminal acetylenes is 1. The summed E-state index contributed by atoms with van der Waals surface area (Å²) < 4.78 is 52.3. The van der Waals surface area contributed by atoms with Crippen molar-refractivity contribution in [2.24, 2.45) is 0 Å². The molecule has 0 spiro atoms. The van der Waals surface area contributed by atoms with E-state index in [1.165, 1.54) is 0 Å². The van der Waals surface area contributed by atoms with Crippen molar-refractivity contribution in [3.63, 3.8) is 0 Å². The first kappa shape index (κ1) is 13.8. The summed E-state index contributed by atoms with van der Waals surface area (Å²) >= 11 is 0. The Morgan fingerprint density at radius 3 is 2.60 bits per heavy atom. The van der Waals surface area contributed by atoms with Gasteiger partial charge < -0.3 is 4.57 Å². The smallest absolute Gasteiger partial charge is 0.308 e. The van der Waals surface area contributed by atoms with Crippen LogP contribution in [0.4, 0.5) is 23.2 Å². The number of nitro groups is 1. The second-order valence-corrected chi connectivity index (χ2v) is 3.77. The molecule has 9 heteroatoms. The zero-order valence-electron chi connectivity index (χ0n) is 9.61. The molecule has 0 saturated carbocycles. The highest BCUT2D eigenvalue weighted by Gasteiger charge is 2.38. The van der Waals surface area contributed by atoms with Crippen molar-refractivity contribution >= 4 is 16.7 Å². The highest BCUT2D eigenvalue weighted by Crippen LogP contribution is 2.33. The van der Waals surface area contributed by atoms with Crippen molar-refractivity contribution < 1.29 is 22.5 Å². The van der Waals surface area contributed by atoms with Crippen LogP contribution in [-0.4, -0.2) is 14.5 Å². The summed E-state index contributed by atoms with van der Waals surface area (Å²) in [7, 11) is 0. The summed E-state index contributed by atoms with van der Waals surface area (Å²) in [6.45, 7) is -0.492. The van der Waals surface area contributed by atoms with E-state index in [-0.39, 0.29) is 11.0 Å². The van der Waals surface area contributed by atoms with Crippen LogP contribution in [0.15, 0.2) is 12.1 Å². The zero-order chi connectivity index (χ0) is 15.1. The predicted octanol–water partition coefficient (Wildman–Crippen LogP) is 2.74. The third-order valence-electron chi connectivity index (χ3n) is 2.52. The molecule has 0 aliphatic rings. The van der Waals surface area contributed by atoms with Crippen molar-refractivity contribution in [3.05, 3.63) is 33.9 Å². The molecular formula is C11H5F4N3O2. The standard InChI is InChI=1S/C11H5F4N3O2/c1-2-3-17-9-5-8(18(19)20)6(12)4-7(9)16-10(17)11(13,14)15/h1,4-5H,3H2. The van der Waals surface area contributed by atoms with Crippen molar-refractivity contribution in [2.45, 2.75) is 12.7 Å². The largest absolute Gasteiger partial charge is 0.449 e. The van der Waals surface area contributed by atoms with E-state index in [4.69, 9.17) is 6.42 Å². The van der Waals surface area contributed by atoms with Crippen LogP contribution in [0.1, 0.15) is 5.82 Å². The van der Waals surface area contributed by atoms with E-state index in [1.807, 2.05) is 5.92 Å². The highest BCUT2D eigenvalue weighted by atomic mass is 19.4. The molecule has 0 unspecified atom stereocenters. The van der Waals surface area contributed by atoms with Crippen LogP contribution in [-0.2, 0) is 12.7 Å². The first-order chi connectivity index (χ1) is 9.25. The van der Waals surface area contributed by atoms with Crippen LogP contribution >= 0.6 is 0 Å². The molecule has 0 bridgehead atoms. The first-order valence-electron chi connectivity index (χ1n) is 5.10. The van der Waals surface area contributed by atoms with Crippen LogP contribution in [0, 0.1) is 28.3 Å². The van der Waals surface area contributed by atoms with Gasteiger partial charge in [0.25, 0.3) is 0 Å². The van der Waals surface area contributed by atoms with E-state index >= 15 is 0 Å². The van der Waals surface area contributed by atoms with Crippen LogP contribution in [0.2, 0.25) is 0 Å². The second-order valence-electron chi connectivity index (χ2n) is 3.77. The van der Waals surface area contributed by atoms with Gasteiger partial charge in [0.05, 0.1) is 22.5 Å². The molecule has 2 rings (SSSR count). The first-order valence-corrected chi connectivity index (χ1v) is 5.10. The third kappa shape index (κ3) is 2.16. The Kier molecular flexibility index (Phi) is 3.09. The number of imidazole rings is 1. The zero-order valence-corrected chi connectivity index (χ0v) is 9.61. The summed E-state index contributed by atoms with van der Waals surface area (Å²) in [6, 6.07) is 1.26. The molecule has 5 nitrogen and oxygen atoms in total. The van der Waals surface area contributed by atoms with Gasteiger partial charge in [0.15, 0.2) is 0 Å². The molecular weight excluding hydrogens is 282 g/mol. The molecule has 0 atom stereocenters. The number of rotatable bonds is 2. The van der Waals surface area contributed by atoms with Crippen molar-refractivity contribution in [1.82, 2.24) is 9.55 Å². The molecule has 0 saturated heterocycles. The number of alkyl halides is 3. The average Bonchev–Trinajstić information content (AvgIpc) is 2.66. The molecule has 1 aromatic carbocycles. The van der Waals surface area contributed by atoms with Gasteiger partial charge in [-0.15, -0.1) is 6.42 Å². The Labute approximate surface area is 109 Å². The van der Waals surface area contributed by atoms with E-state index in [9.17, 15) is 27.7 Å². The minimum atomic E-state index is -4.80. The molecule has 0 aliphatic carbocycles. The Morgan fingerprint density at radius 1 is 1.45 bits per heavy atom. The van der Waals surface area contributed by atoms with Gasteiger partial charge in [0.1, 0.15) is 0 Å². The lowest BCUT2D eigenvalue weighted by Crippen LogP contribution is -2.14. The molecule has 1 aromatic heterocycles. The lowest BCUT2D eigenvalue weighted by molar-refractivity contribution is -0.387. The molecule has 104 valence electrons. The fraction of sp³-hybridized carbons (Fsp3) is 0.182. The van der Waals surface area contributed by atoms with Crippen LogP contribution in [0.5, 0.6) is 0 Å². The number of nitro benzene ring substituents is 1. The highest BCUT2D eigenvalue weighted by molar-refractivity contribution is 5.79. The number of hydrogen-bond donors (Lipinski definition) is 0. The number of aromatic nitrogens is 2. The van der Waals surface area contributed by atoms with Crippen molar-refractivity contribution in [1.29, 1.82) is 0 Å². The summed E-state index contributed by atoms with van der Waals surface area (Å²) in [5.41, 5.74) is -1.54. The van der Waals surface area contributed by atoms with E-state index in [1.54, 1.807) is 0 Å². The maximum Gasteiger partial charge on any atom is 0.449 e. The van der Waals surface area contributed by atoms with Crippen molar-refractivity contribution in [3.8, 4) is 12.3 Å². The quantitative estimate of drug-likeness (QED) is 0.369. The lowest BCUT2D eigenvalue weighted by Gasteiger charge is -2.07. The van der Waals surface area contributed by atoms with E-state index in [2.05, 4.69) is 4.98 Å². The van der Waals surface area contributed by atoms with E-state index in [0.717, 1.165) is 0 Å². The average molecular weight is 287 g/mol. The summed E-state index contributed by atoms with van der Waals surface area (Å²) in [5.74, 6) is -0.593. The molecule has 0 fully saturated rings. The molecule has 20 heavy (non-hydrogen) atoms. The second kappa shape index (κ2) is 4.48. The fourth-order valence-corrected chi connectivity index (χ4v) is 1.74. The van der Waals surface area contributed by atoms with E-state index in [0.29, 0.717) is 16.7 Å². The van der Waals surface area contributed by atoms with Gasteiger partial charge in [-0.2, -0.15) is 17.6 Å². The number of halogens is 4. The minimum Gasteiger partial charge on any atom is -0.308 e. The number of fused-ring (bicyclic) bond motifs is 1. The Hall–Kier alpha value is -2.63. The summed E-state index contributed by atoms with van der Waals surface area (Å²) in [6.07, 6.45) is 0.172. The van der Waals surface area contributed by atoms with Crippen LogP contribution < -0.4 is 0 Å². The maximum atomic E-state index is 13.4. The molecule has 0 amide bonds.